The van der Waals surface area contributed by atoms with Crippen molar-refractivity contribution in [2.75, 3.05) is 6.54 Å². The number of allylic oxidation sites excluding steroid dienone is 1. The van der Waals surface area contributed by atoms with Crippen molar-refractivity contribution in [3.05, 3.63) is 47.8 Å². The predicted molar refractivity (Wildman–Crippen MR) is 70.7 cm³/mol. The van der Waals surface area contributed by atoms with Gasteiger partial charge in [0.05, 0.1) is 22.9 Å². The molecule has 0 unspecified atom stereocenters. The summed E-state index contributed by atoms with van der Waals surface area (Å²) < 4.78 is 0. The van der Waals surface area contributed by atoms with E-state index in [1.807, 2.05) is 30.5 Å². The largest absolute Gasteiger partial charge is 0.308 e. The fourth-order valence-electron chi connectivity index (χ4n) is 1.56. The minimum Gasteiger partial charge on any atom is -0.308 e. The molecular weight excluding hydrogens is 210 g/mol. The molecule has 0 aliphatic carbocycles. The van der Waals surface area contributed by atoms with E-state index in [-0.39, 0.29) is 0 Å². The van der Waals surface area contributed by atoms with Crippen molar-refractivity contribution in [3.8, 4) is 0 Å². The molecule has 0 fully saturated rings. The third-order valence-electron chi connectivity index (χ3n) is 2.46. The van der Waals surface area contributed by atoms with Gasteiger partial charge in [0.1, 0.15) is 0 Å². The number of benzene rings is 1. The molecule has 0 bridgehead atoms. The first-order chi connectivity index (χ1) is 8.25. The molecule has 3 heteroatoms. The quantitative estimate of drug-likeness (QED) is 0.644. The number of rotatable bonds is 4. The first kappa shape index (κ1) is 11.7. The molecule has 1 aromatic carbocycles. The second-order valence-electron chi connectivity index (χ2n) is 4.26. The Kier molecular flexibility index (Phi) is 3.83. The van der Waals surface area contributed by atoms with Crippen molar-refractivity contribution in [1.82, 2.24) is 15.3 Å². The van der Waals surface area contributed by atoms with Gasteiger partial charge in [0, 0.05) is 13.1 Å². The lowest BCUT2D eigenvalue weighted by atomic mass is 10.3. The Balaban J connectivity index is 2.02. The highest BCUT2D eigenvalue weighted by molar-refractivity contribution is 5.73. The highest BCUT2D eigenvalue weighted by Crippen LogP contribution is 2.08. The molecule has 0 aliphatic heterocycles. The van der Waals surface area contributed by atoms with E-state index >= 15 is 0 Å². The van der Waals surface area contributed by atoms with Gasteiger partial charge >= 0.3 is 0 Å². The van der Waals surface area contributed by atoms with Gasteiger partial charge in [-0.15, -0.1) is 0 Å². The number of nitrogens with zero attached hydrogens (tertiary/aromatic N) is 2. The Morgan fingerprint density at radius 3 is 2.76 bits per heavy atom. The molecule has 0 saturated carbocycles. The zero-order chi connectivity index (χ0) is 12.1. The molecule has 1 aromatic heterocycles. The van der Waals surface area contributed by atoms with E-state index in [2.05, 4.69) is 35.2 Å². The van der Waals surface area contributed by atoms with Gasteiger partial charge in [0.25, 0.3) is 0 Å². The highest BCUT2D eigenvalue weighted by Gasteiger charge is 1.97. The zero-order valence-electron chi connectivity index (χ0n) is 10.3. The summed E-state index contributed by atoms with van der Waals surface area (Å²) in [6, 6.07) is 7.92. The molecule has 0 spiro atoms. The van der Waals surface area contributed by atoms with Crippen LogP contribution in [0.25, 0.3) is 11.0 Å². The van der Waals surface area contributed by atoms with Crippen LogP contribution < -0.4 is 5.32 Å². The number of hydrogen-bond acceptors (Lipinski definition) is 3. The zero-order valence-corrected chi connectivity index (χ0v) is 10.3. The van der Waals surface area contributed by atoms with Gasteiger partial charge in [-0.1, -0.05) is 23.8 Å². The first-order valence-corrected chi connectivity index (χ1v) is 5.80. The Morgan fingerprint density at radius 1 is 1.24 bits per heavy atom. The van der Waals surface area contributed by atoms with E-state index in [1.165, 1.54) is 5.57 Å². The molecule has 0 radical (unpaired) electrons. The molecule has 1 heterocycles. The van der Waals surface area contributed by atoms with Crippen LogP contribution in [0.15, 0.2) is 42.1 Å². The first-order valence-electron chi connectivity index (χ1n) is 5.80. The van der Waals surface area contributed by atoms with E-state index in [4.69, 9.17) is 0 Å². The maximum absolute atomic E-state index is 4.55. The normalized spacial score (nSPS) is 10.5. The maximum atomic E-state index is 4.55. The number of para-hydroxylation sites is 2. The van der Waals surface area contributed by atoms with E-state index in [0.29, 0.717) is 0 Å². The second kappa shape index (κ2) is 5.55. The van der Waals surface area contributed by atoms with Crippen LogP contribution in [0.4, 0.5) is 0 Å². The summed E-state index contributed by atoms with van der Waals surface area (Å²) in [5.74, 6) is 0. The van der Waals surface area contributed by atoms with Crippen molar-refractivity contribution in [2.45, 2.75) is 20.4 Å². The van der Waals surface area contributed by atoms with Crippen LogP contribution in [0.2, 0.25) is 0 Å². The summed E-state index contributed by atoms with van der Waals surface area (Å²) >= 11 is 0. The van der Waals surface area contributed by atoms with E-state index in [1.54, 1.807) is 0 Å². The molecule has 3 nitrogen and oxygen atoms in total. The Morgan fingerprint density at radius 2 is 2.00 bits per heavy atom. The summed E-state index contributed by atoms with van der Waals surface area (Å²) in [7, 11) is 0. The summed E-state index contributed by atoms with van der Waals surface area (Å²) in [4.78, 5) is 8.92. The maximum Gasteiger partial charge on any atom is 0.0890 e. The summed E-state index contributed by atoms with van der Waals surface area (Å²) in [5.41, 5.74) is 4.20. The molecule has 0 atom stereocenters. The average molecular weight is 227 g/mol. The van der Waals surface area contributed by atoms with Gasteiger partial charge in [0.2, 0.25) is 0 Å². The average Bonchev–Trinajstić information content (AvgIpc) is 2.34. The van der Waals surface area contributed by atoms with Crippen molar-refractivity contribution in [1.29, 1.82) is 0 Å². The number of nitrogens with one attached hydrogen (secondary N) is 1. The molecule has 0 amide bonds. The minimum atomic E-state index is 0.752. The third-order valence-corrected chi connectivity index (χ3v) is 2.46. The molecule has 1 N–H and O–H groups in total. The molecule has 17 heavy (non-hydrogen) atoms. The van der Waals surface area contributed by atoms with Crippen molar-refractivity contribution in [3.63, 3.8) is 0 Å². The standard InChI is InChI=1S/C14H17N3/c1-11(2)7-8-15-9-12-10-16-13-5-3-4-6-14(13)17-12/h3-7,10,15H,8-9H2,1-2H3. The van der Waals surface area contributed by atoms with Crippen LogP contribution in [0.5, 0.6) is 0 Å². The Bertz CT molecular complexity index is 528. The number of hydrogen-bond donors (Lipinski definition) is 1. The lowest BCUT2D eigenvalue weighted by Crippen LogP contribution is -2.14. The van der Waals surface area contributed by atoms with Crippen LogP contribution in [0.3, 0.4) is 0 Å². The van der Waals surface area contributed by atoms with Crippen LogP contribution in [0.1, 0.15) is 19.5 Å². The van der Waals surface area contributed by atoms with E-state index < -0.39 is 0 Å². The molecule has 2 aromatic rings. The summed E-state index contributed by atoms with van der Waals surface area (Å²) in [6.45, 7) is 5.81. The van der Waals surface area contributed by atoms with Crippen LogP contribution in [0, 0.1) is 0 Å². The Hall–Kier alpha value is -1.74. The third kappa shape index (κ3) is 3.36. The summed E-state index contributed by atoms with van der Waals surface area (Å²) in [6.07, 6.45) is 3.99. The van der Waals surface area contributed by atoms with E-state index in [0.717, 1.165) is 29.8 Å². The molecular formula is C14H17N3. The minimum absolute atomic E-state index is 0.752. The monoisotopic (exact) mass is 227 g/mol. The predicted octanol–water partition coefficient (Wildman–Crippen LogP) is 2.69. The van der Waals surface area contributed by atoms with Crippen molar-refractivity contribution in [2.24, 2.45) is 0 Å². The summed E-state index contributed by atoms with van der Waals surface area (Å²) in [5, 5.41) is 3.32. The lowest BCUT2D eigenvalue weighted by molar-refractivity contribution is 0.737. The molecule has 2 rings (SSSR count). The lowest BCUT2D eigenvalue weighted by Gasteiger charge is -2.03. The SMILES string of the molecule is CC(C)=CCNCc1cnc2ccccc2n1. The van der Waals surface area contributed by atoms with Crippen molar-refractivity contribution >= 4 is 11.0 Å². The van der Waals surface area contributed by atoms with Crippen molar-refractivity contribution < 1.29 is 0 Å². The smallest absolute Gasteiger partial charge is 0.0890 e. The van der Waals surface area contributed by atoms with E-state index in [9.17, 15) is 0 Å². The fourth-order valence-corrected chi connectivity index (χ4v) is 1.56. The van der Waals surface area contributed by atoms with Crippen LogP contribution in [-0.4, -0.2) is 16.5 Å². The van der Waals surface area contributed by atoms with Gasteiger partial charge < -0.3 is 5.32 Å². The molecule has 0 aliphatic rings. The van der Waals surface area contributed by atoms with Gasteiger partial charge in [-0.25, -0.2) is 4.98 Å². The van der Waals surface area contributed by atoms with Gasteiger partial charge in [0.15, 0.2) is 0 Å². The van der Waals surface area contributed by atoms with Gasteiger partial charge in [-0.05, 0) is 26.0 Å². The number of aromatic nitrogens is 2. The molecule has 88 valence electrons. The van der Waals surface area contributed by atoms with Crippen LogP contribution in [-0.2, 0) is 6.54 Å². The van der Waals surface area contributed by atoms with Gasteiger partial charge in [-0.3, -0.25) is 4.98 Å². The fraction of sp³-hybridized carbons (Fsp3) is 0.286. The Labute approximate surface area is 102 Å². The van der Waals surface area contributed by atoms with Crippen LogP contribution >= 0.6 is 0 Å². The topological polar surface area (TPSA) is 37.8 Å². The second-order valence-corrected chi connectivity index (χ2v) is 4.26. The molecule has 0 saturated heterocycles. The highest BCUT2D eigenvalue weighted by atomic mass is 14.9. The van der Waals surface area contributed by atoms with Gasteiger partial charge in [-0.2, -0.15) is 0 Å². The number of fused-ring (bicyclic) bond motifs is 1.